The quantitative estimate of drug-likeness (QED) is 0.660. The zero-order chi connectivity index (χ0) is 10.6. The molecule has 1 amide bonds. The normalized spacial score (nSPS) is 27.4. The summed E-state index contributed by atoms with van der Waals surface area (Å²) in [7, 11) is 0. The molecule has 2 unspecified atom stereocenters. The topological polar surface area (TPSA) is 41.6 Å². The smallest absolute Gasteiger partial charge is 0.241 e. The highest BCUT2D eigenvalue weighted by Crippen LogP contribution is 2.11. The van der Waals surface area contributed by atoms with Crippen LogP contribution in [0.1, 0.15) is 27.2 Å². The first-order valence-corrected chi connectivity index (χ1v) is 5.35. The molecule has 1 N–H and O–H groups in total. The Hall–Kier alpha value is -0.610. The van der Waals surface area contributed by atoms with Crippen molar-refractivity contribution in [3.8, 4) is 0 Å². The third-order valence-corrected chi connectivity index (χ3v) is 2.58. The van der Waals surface area contributed by atoms with E-state index in [1.54, 1.807) is 0 Å². The Kier molecular flexibility index (Phi) is 4.35. The van der Waals surface area contributed by atoms with Crippen molar-refractivity contribution in [2.45, 2.75) is 39.4 Å². The summed E-state index contributed by atoms with van der Waals surface area (Å²) in [6.45, 7) is 8.03. The number of rotatable bonds is 5. The third-order valence-electron chi connectivity index (χ3n) is 2.58. The summed E-state index contributed by atoms with van der Waals surface area (Å²) in [5, 5.41) is 3.25. The lowest BCUT2D eigenvalue weighted by molar-refractivity contribution is -0.130. The highest BCUT2D eigenvalue weighted by molar-refractivity contribution is 5.84. The van der Waals surface area contributed by atoms with Gasteiger partial charge >= 0.3 is 0 Å². The summed E-state index contributed by atoms with van der Waals surface area (Å²) >= 11 is 0. The van der Waals surface area contributed by atoms with Crippen LogP contribution in [0.25, 0.3) is 0 Å². The molecule has 1 aliphatic rings. The molecule has 1 heterocycles. The van der Waals surface area contributed by atoms with Crippen molar-refractivity contribution in [2.75, 3.05) is 19.8 Å². The van der Waals surface area contributed by atoms with Crippen LogP contribution in [0.15, 0.2) is 0 Å². The first-order valence-electron chi connectivity index (χ1n) is 5.35. The fraction of sp³-hybridized carbons (Fsp3) is 0.900. The number of hydrogen-bond donors (Lipinski definition) is 1. The predicted molar refractivity (Wildman–Crippen MR) is 54.9 cm³/mol. The van der Waals surface area contributed by atoms with Gasteiger partial charge in [0.15, 0.2) is 0 Å². The maximum atomic E-state index is 11.7. The van der Waals surface area contributed by atoms with Gasteiger partial charge in [0.1, 0.15) is 0 Å². The number of hydrogen-bond acceptors (Lipinski definition) is 3. The van der Waals surface area contributed by atoms with E-state index in [1.165, 1.54) is 0 Å². The maximum absolute atomic E-state index is 11.7. The van der Waals surface area contributed by atoms with E-state index in [4.69, 9.17) is 4.74 Å². The highest BCUT2D eigenvalue weighted by Gasteiger charge is 2.34. The van der Waals surface area contributed by atoms with Gasteiger partial charge < -0.3 is 9.64 Å². The molecular formula is C10H20N2O2. The Balaban J connectivity index is 2.40. The van der Waals surface area contributed by atoms with Crippen molar-refractivity contribution in [2.24, 2.45) is 0 Å². The summed E-state index contributed by atoms with van der Waals surface area (Å²) in [5.74, 6) is 0.208. The predicted octanol–water partition coefficient (Wildman–Crippen LogP) is 0.579. The molecule has 0 radical (unpaired) electrons. The van der Waals surface area contributed by atoms with Crippen LogP contribution in [0.5, 0.6) is 0 Å². The SMILES string of the molecule is CCOCCN1C(=O)C(CC)NC1C. The van der Waals surface area contributed by atoms with Gasteiger partial charge in [-0.05, 0) is 20.3 Å². The Morgan fingerprint density at radius 1 is 1.50 bits per heavy atom. The first kappa shape index (κ1) is 11.5. The second kappa shape index (κ2) is 5.32. The van der Waals surface area contributed by atoms with Crippen molar-refractivity contribution in [1.82, 2.24) is 10.2 Å². The number of amides is 1. The number of ether oxygens (including phenoxy) is 1. The van der Waals surface area contributed by atoms with E-state index >= 15 is 0 Å². The van der Waals surface area contributed by atoms with Gasteiger partial charge in [-0.2, -0.15) is 0 Å². The summed E-state index contributed by atoms with van der Waals surface area (Å²) in [6, 6.07) is 0.00614. The number of carbonyl (C=O) groups is 1. The van der Waals surface area contributed by atoms with E-state index in [9.17, 15) is 4.79 Å². The summed E-state index contributed by atoms with van der Waals surface area (Å²) in [4.78, 5) is 13.6. The van der Waals surface area contributed by atoms with Crippen molar-refractivity contribution < 1.29 is 9.53 Å². The van der Waals surface area contributed by atoms with Crippen LogP contribution in [0.4, 0.5) is 0 Å². The molecule has 1 aliphatic heterocycles. The fourth-order valence-electron chi connectivity index (χ4n) is 1.75. The van der Waals surface area contributed by atoms with Crippen molar-refractivity contribution >= 4 is 5.91 Å². The average molecular weight is 200 g/mol. The van der Waals surface area contributed by atoms with Gasteiger partial charge in [-0.15, -0.1) is 0 Å². The number of nitrogens with zero attached hydrogens (tertiary/aromatic N) is 1. The molecule has 82 valence electrons. The maximum Gasteiger partial charge on any atom is 0.241 e. The van der Waals surface area contributed by atoms with E-state index in [2.05, 4.69) is 5.32 Å². The molecule has 1 saturated heterocycles. The van der Waals surface area contributed by atoms with E-state index < -0.39 is 0 Å². The van der Waals surface area contributed by atoms with Crippen molar-refractivity contribution in [3.05, 3.63) is 0 Å². The van der Waals surface area contributed by atoms with Crippen LogP contribution in [-0.4, -0.2) is 42.8 Å². The van der Waals surface area contributed by atoms with Crippen molar-refractivity contribution in [1.29, 1.82) is 0 Å². The number of carbonyl (C=O) groups excluding carboxylic acids is 1. The zero-order valence-corrected chi connectivity index (χ0v) is 9.25. The number of nitrogens with one attached hydrogen (secondary N) is 1. The van der Waals surface area contributed by atoms with Crippen LogP contribution >= 0.6 is 0 Å². The molecule has 0 spiro atoms. The van der Waals surface area contributed by atoms with Gasteiger partial charge in [0, 0.05) is 13.2 Å². The fourth-order valence-corrected chi connectivity index (χ4v) is 1.75. The average Bonchev–Trinajstić information content (AvgIpc) is 2.45. The molecule has 0 bridgehead atoms. The molecule has 14 heavy (non-hydrogen) atoms. The third kappa shape index (κ3) is 2.45. The Labute approximate surface area is 85.6 Å². The van der Waals surface area contributed by atoms with Crippen molar-refractivity contribution in [3.63, 3.8) is 0 Å². The highest BCUT2D eigenvalue weighted by atomic mass is 16.5. The van der Waals surface area contributed by atoms with Gasteiger partial charge in [0.25, 0.3) is 0 Å². The van der Waals surface area contributed by atoms with E-state index in [0.29, 0.717) is 19.8 Å². The van der Waals surface area contributed by atoms with Crippen LogP contribution in [-0.2, 0) is 9.53 Å². The minimum atomic E-state index is 0.00614. The molecule has 0 aromatic heterocycles. The molecule has 0 aromatic carbocycles. The van der Waals surface area contributed by atoms with Gasteiger partial charge in [0.05, 0.1) is 18.8 Å². The molecular weight excluding hydrogens is 180 g/mol. The summed E-state index contributed by atoms with van der Waals surface area (Å²) in [6.07, 6.45) is 1.00. The van der Waals surface area contributed by atoms with E-state index in [-0.39, 0.29) is 18.1 Å². The molecule has 4 heteroatoms. The van der Waals surface area contributed by atoms with E-state index in [1.807, 2.05) is 25.7 Å². The van der Waals surface area contributed by atoms with Gasteiger partial charge in [0.2, 0.25) is 5.91 Å². The molecule has 4 nitrogen and oxygen atoms in total. The Bertz CT molecular complexity index is 197. The monoisotopic (exact) mass is 200 g/mol. The summed E-state index contributed by atoms with van der Waals surface area (Å²) < 4.78 is 5.24. The largest absolute Gasteiger partial charge is 0.380 e. The second-order valence-electron chi connectivity index (χ2n) is 3.53. The lowest BCUT2D eigenvalue weighted by Gasteiger charge is -2.20. The van der Waals surface area contributed by atoms with Gasteiger partial charge in [-0.25, -0.2) is 0 Å². The van der Waals surface area contributed by atoms with Gasteiger partial charge in [-0.1, -0.05) is 6.92 Å². The lowest BCUT2D eigenvalue weighted by Crippen LogP contribution is -2.37. The standard InChI is InChI=1S/C10H20N2O2/c1-4-9-10(13)12(8(3)11-9)6-7-14-5-2/h8-9,11H,4-7H2,1-3H3. The van der Waals surface area contributed by atoms with E-state index in [0.717, 1.165) is 6.42 Å². The second-order valence-corrected chi connectivity index (χ2v) is 3.53. The van der Waals surface area contributed by atoms with Gasteiger partial charge in [-0.3, -0.25) is 10.1 Å². The van der Waals surface area contributed by atoms with Crippen LogP contribution in [0, 0.1) is 0 Å². The Morgan fingerprint density at radius 3 is 2.71 bits per heavy atom. The summed E-state index contributed by atoms with van der Waals surface area (Å²) in [5.41, 5.74) is 0. The molecule has 0 aliphatic carbocycles. The van der Waals surface area contributed by atoms with Crippen LogP contribution in [0.2, 0.25) is 0 Å². The molecule has 1 rings (SSSR count). The molecule has 2 atom stereocenters. The zero-order valence-electron chi connectivity index (χ0n) is 9.25. The molecule has 0 saturated carbocycles. The van der Waals surface area contributed by atoms with Crippen LogP contribution < -0.4 is 5.32 Å². The lowest BCUT2D eigenvalue weighted by atomic mass is 10.2. The molecule has 0 aromatic rings. The first-order chi connectivity index (χ1) is 6.70. The van der Waals surface area contributed by atoms with Crippen LogP contribution in [0.3, 0.4) is 0 Å². The molecule has 1 fully saturated rings. The minimum absolute atomic E-state index is 0.00614. The minimum Gasteiger partial charge on any atom is -0.380 e. The Morgan fingerprint density at radius 2 is 2.21 bits per heavy atom.